The number of nitrogens with two attached hydrogens (primary N) is 1. The summed E-state index contributed by atoms with van der Waals surface area (Å²) in [4.78, 5) is 11.6. The third-order valence-corrected chi connectivity index (χ3v) is 2.32. The average molecular weight is 248 g/mol. The molecule has 0 radical (unpaired) electrons. The Hall–Kier alpha value is -1.07. The van der Waals surface area contributed by atoms with Crippen molar-refractivity contribution in [3.8, 4) is 0 Å². The molecule has 1 atom stereocenters. The lowest BCUT2D eigenvalue weighted by Gasteiger charge is -2.09. The topological polar surface area (TPSA) is 81.2 Å². The molecule has 5 nitrogen and oxygen atoms in total. The molecule has 16 heavy (non-hydrogen) atoms. The summed E-state index contributed by atoms with van der Waals surface area (Å²) in [6.45, 7) is 5.84. The van der Waals surface area contributed by atoms with E-state index in [-0.39, 0.29) is 24.2 Å². The number of amides is 1. The van der Waals surface area contributed by atoms with Gasteiger partial charge < -0.3 is 15.6 Å². The molecule has 0 spiro atoms. The van der Waals surface area contributed by atoms with Gasteiger partial charge in [-0.1, -0.05) is 19.0 Å². The fraction of sp³-hybridized carbons (Fsp3) is 0.600. The van der Waals surface area contributed by atoms with Gasteiger partial charge in [0.15, 0.2) is 5.76 Å². The maximum absolute atomic E-state index is 11.6. The number of carbonyl (C=O) groups is 1. The zero-order valence-electron chi connectivity index (χ0n) is 9.74. The summed E-state index contributed by atoms with van der Waals surface area (Å²) in [6, 6.07) is 0. The molecular formula is C10H18ClN3O2. The van der Waals surface area contributed by atoms with Crippen molar-refractivity contribution in [2.75, 3.05) is 11.9 Å². The quantitative estimate of drug-likeness (QED) is 0.845. The maximum Gasteiger partial charge on any atom is 0.228 e. The molecule has 0 bridgehead atoms. The van der Waals surface area contributed by atoms with E-state index in [4.69, 9.17) is 10.3 Å². The van der Waals surface area contributed by atoms with E-state index in [0.717, 1.165) is 12.1 Å². The van der Waals surface area contributed by atoms with E-state index in [2.05, 4.69) is 10.5 Å². The van der Waals surface area contributed by atoms with Crippen molar-refractivity contribution >= 4 is 24.0 Å². The number of aromatic nitrogens is 1. The lowest BCUT2D eigenvalue weighted by Crippen LogP contribution is -2.27. The number of anilines is 1. The molecule has 0 saturated heterocycles. The Morgan fingerprint density at radius 3 is 2.75 bits per heavy atom. The van der Waals surface area contributed by atoms with Gasteiger partial charge in [-0.25, -0.2) is 0 Å². The second-order valence-corrected chi connectivity index (χ2v) is 3.54. The molecule has 6 heteroatoms. The number of nitrogens with zero attached hydrogens (tertiary/aromatic N) is 1. The van der Waals surface area contributed by atoms with Crippen molar-refractivity contribution in [1.82, 2.24) is 5.16 Å². The van der Waals surface area contributed by atoms with Crippen LogP contribution in [0.2, 0.25) is 0 Å². The van der Waals surface area contributed by atoms with Crippen molar-refractivity contribution in [2.24, 2.45) is 11.7 Å². The zero-order valence-corrected chi connectivity index (χ0v) is 10.6. The van der Waals surface area contributed by atoms with Crippen LogP contribution < -0.4 is 11.1 Å². The highest BCUT2D eigenvalue weighted by Gasteiger charge is 2.17. The highest BCUT2D eigenvalue weighted by Crippen LogP contribution is 2.20. The molecule has 92 valence electrons. The van der Waals surface area contributed by atoms with E-state index < -0.39 is 0 Å². The van der Waals surface area contributed by atoms with Crippen molar-refractivity contribution in [3.63, 3.8) is 0 Å². The van der Waals surface area contributed by atoms with Gasteiger partial charge in [0.2, 0.25) is 5.91 Å². The number of halogens is 1. The number of nitrogens with one attached hydrogen (secondary N) is 1. The molecule has 1 unspecified atom stereocenters. The minimum atomic E-state index is -0.205. The fourth-order valence-corrected chi connectivity index (χ4v) is 1.17. The minimum Gasteiger partial charge on any atom is -0.359 e. The Kier molecular flexibility index (Phi) is 6.06. The Morgan fingerprint density at radius 1 is 1.62 bits per heavy atom. The molecule has 0 fully saturated rings. The van der Waals surface area contributed by atoms with Gasteiger partial charge in [-0.05, 0) is 13.3 Å². The summed E-state index contributed by atoms with van der Waals surface area (Å²) in [7, 11) is 0. The number of hydrogen-bond donors (Lipinski definition) is 2. The predicted octanol–water partition coefficient (Wildman–Crippen LogP) is 1.50. The van der Waals surface area contributed by atoms with Crippen LogP contribution in [0.1, 0.15) is 25.3 Å². The van der Waals surface area contributed by atoms with Crippen molar-refractivity contribution in [3.05, 3.63) is 11.5 Å². The van der Waals surface area contributed by atoms with Crippen LogP contribution in [0.5, 0.6) is 0 Å². The Morgan fingerprint density at radius 2 is 2.25 bits per heavy atom. The fourth-order valence-electron chi connectivity index (χ4n) is 1.17. The highest BCUT2D eigenvalue weighted by molar-refractivity contribution is 5.93. The molecule has 1 heterocycles. The van der Waals surface area contributed by atoms with E-state index in [1.165, 1.54) is 0 Å². The van der Waals surface area contributed by atoms with E-state index >= 15 is 0 Å². The molecule has 0 aliphatic carbocycles. The normalized spacial score (nSPS) is 11.8. The van der Waals surface area contributed by atoms with Crippen LogP contribution >= 0.6 is 12.4 Å². The second kappa shape index (κ2) is 6.50. The van der Waals surface area contributed by atoms with Crippen LogP contribution in [-0.4, -0.2) is 17.6 Å². The Balaban J connectivity index is 0.00000225. The van der Waals surface area contributed by atoms with Crippen LogP contribution in [0.25, 0.3) is 0 Å². The van der Waals surface area contributed by atoms with Gasteiger partial charge >= 0.3 is 0 Å². The maximum atomic E-state index is 11.6. The third-order valence-electron chi connectivity index (χ3n) is 2.32. The summed E-state index contributed by atoms with van der Waals surface area (Å²) in [5.74, 6) is 0.326. The van der Waals surface area contributed by atoms with Crippen LogP contribution in [0.3, 0.4) is 0 Å². The molecule has 1 aromatic rings. The van der Waals surface area contributed by atoms with Gasteiger partial charge in [-0.2, -0.15) is 0 Å². The van der Waals surface area contributed by atoms with Crippen molar-refractivity contribution < 1.29 is 9.32 Å². The van der Waals surface area contributed by atoms with E-state index in [1.54, 1.807) is 13.8 Å². The standard InChI is InChI=1S/C10H17N3O2.ClH/c1-4-8-9(7(3)15-13-8)12-10(14)6(2)5-11;/h6H,4-5,11H2,1-3H3,(H,12,14);1H. The molecule has 1 amide bonds. The van der Waals surface area contributed by atoms with Crippen LogP contribution in [-0.2, 0) is 11.2 Å². The van der Waals surface area contributed by atoms with Gasteiger partial charge in [-0.15, -0.1) is 12.4 Å². The van der Waals surface area contributed by atoms with Crippen molar-refractivity contribution in [2.45, 2.75) is 27.2 Å². The summed E-state index contributed by atoms with van der Waals surface area (Å²) >= 11 is 0. The molecule has 0 aromatic carbocycles. The van der Waals surface area contributed by atoms with Gasteiger partial charge in [0.05, 0.1) is 0 Å². The molecule has 1 aromatic heterocycles. The highest BCUT2D eigenvalue weighted by atomic mass is 35.5. The lowest BCUT2D eigenvalue weighted by molar-refractivity contribution is -0.119. The molecule has 0 saturated carbocycles. The first-order valence-electron chi connectivity index (χ1n) is 5.06. The van der Waals surface area contributed by atoms with Gasteiger partial charge in [-0.3, -0.25) is 4.79 Å². The molecule has 1 rings (SSSR count). The largest absolute Gasteiger partial charge is 0.359 e. The molecular weight excluding hydrogens is 230 g/mol. The summed E-state index contributed by atoms with van der Waals surface area (Å²) in [5, 5.41) is 6.64. The zero-order chi connectivity index (χ0) is 11.4. The van der Waals surface area contributed by atoms with E-state index in [0.29, 0.717) is 18.0 Å². The number of rotatable bonds is 4. The first kappa shape index (κ1) is 14.9. The minimum absolute atomic E-state index is 0. The Bertz CT molecular complexity index is 352. The third kappa shape index (κ3) is 3.21. The summed E-state index contributed by atoms with van der Waals surface area (Å²) in [5.41, 5.74) is 6.86. The average Bonchev–Trinajstić information content (AvgIpc) is 2.59. The summed E-state index contributed by atoms with van der Waals surface area (Å²) in [6.07, 6.45) is 0.726. The Labute approximate surface area is 101 Å². The van der Waals surface area contributed by atoms with Gasteiger partial charge in [0.1, 0.15) is 11.4 Å². The van der Waals surface area contributed by atoms with Crippen LogP contribution in [0.15, 0.2) is 4.52 Å². The molecule has 0 aliphatic rings. The SMILES string of the molecule is CCc1noc(C)c1NC(=O)C(C)CN.Cl. The number of aryl methyl sites for hydroxylation is 2. The van der Waals surface area contributed by atoms with Crippen molar-refractivity contribution in [1.29, 1.82) is 0 Å². The first-order valence-corrected chi connectivity index (χ1v) is 5.06. The second-order valence-electron chi connectivity index (χ2n) is 3.54. The number of carbonyl (C=O) groups excluding carboxylic acids is 1. The van der Waals surface area contributed by atoms with Crippen LogP contribution in [0.4, 0.5) is 5.69 Å². The van der Waals surface area contributed by atoms with E-state index in [1.807, 2.05) is 6.92 Å². The monoisotopic (exact) mass is 247 g/mol. The molecule has 3 N–H and O–H groups in total. The predicted molar refractivity (Wildman–Crippen MR) is 64.7 cm³/mol. The lowest BCUT2D eigenvalue weighted by atomic mass is 10.1. The first-order chi connectivity index (χ1) is 7.10. The molecule has 0 aliphatic heterocycles. The number of hydrogen-bond acceptors (Lipinski definition) is 4. The van der Waals surface area contributed by atoms with Crippen LogP contribution in [0, 0.1) is 12.8 Å². The van der Waals surface area contributed by atoms with Gasteiger partial charge in [0.25, 0.3) is 0 Å². The smallest absolute Gasteiger partial charge is 0.228 e. The summed E-state index contributed by atoms with van der Waals surface area (Å²) < 4.78 is 5.00. The van der Waals surface area contributed by atoms with E-state index in [9.17, 15) is 4.79 Å². The van der Waals surface area contributed by atoms with Gasteiger partial charge in [0, 0.05) is 12.5 Å².